The molecule has 1 unspecified atom stereocenters. The summed E-state index contributed by atoms with van der Waals surface area (Å²) in [4.78, 5) is 8.60. The third kappa shape index (κ3) is 6.31. The molecule has 1 atom stereocenters. The van der Waals surface area contributed by atoms with Crippen molar-refractivity contribution in [1.82, 2.24) is 25.2 Å². The number of pyridine rings is 1. The summed E-state index contributed by atoms with van der Waals surface area (Å²) in [5.41, 5.74) is -0.253. The fraction of sp³-hybridized carbons (Fsp3) is 0.357. The van der Waals surface area contributed by atoms with Crippen LogP contribution in [0.3, 0.4) is 0 Å². The molecule has 0 amide bonds. The number of aromatic nitrogens is 5. The van der Waals surface area contributed by atoms with Gasteiger partial charge in [0.1, 0.15) is 5.82 Å². The molecule has 1 aliphatic heterocycles. The van der Waals surface area contributed by atoms with Crippen LogP contribution in [0, 0.1) is 12.7 Å². The molecule has 0 spiro atoms. The zero-order valence-corrected chi connectivity index (χ0v) is 22.6. The standard InChI is InChI=1S/C28H26F7N7/c1-17-10-22-24(4-3-9-41(15-18-5-7-36-8-6-18)25(22)14-23(17)28(33,34)35)42(26-37-39-40(2)38-26)16-19-11-20(27(30,31)32)13-21(29)12-19/h5-8,10-14,24H,3-4,9,15-16H2,1-2H3. The van der Waals surface area contributed by atoms with Gasteiger partial charge in [0.25, 0.3) is 5.95 Å². The first-order valence-corrected chi connectivity index (χ1v) is 13.0. The van der Waals surface area contributed by atoms with Crippen LogP contribution >= 0.6 is 0 Å². The van der Waals surface area contributed by atoms with Crippen LogP contribution in [-0.4, -0.2) is 31.7 Å². The molecule has 4 aromatic rings. The lowest BCUT2D eigenvalue weighted by Gasteiger charge is -2.33. The van der Waals surface area contributed by atoms with Crippen molar-refractivity contribution in [2.75, 3.05) is 16.3 Å². The third-order valence-electron chi connectivity index (χ3n) is 7.18. The molecule has 14 heteroatoms. The van der Waals surface area contributed by atoms with E-state index >= 15 is 0 Å². The number of hydrogen-bond donors (Lipinski definition) is 0. The lowest BCUT2D eigenvalue weighted by Crippen LogP contribution is -2.30. The predicted molar refractivity (Wildman–Crippen MR) is 140 cm³/mol. The molecule has 2 aromatic heterocycles. The van der Waals surface area contributed by atoms with Crippen LogP contribution in [0.5, 0.6) is 0 Å². The summed E-state index contributed by atoms with van der Waals surface area (Å²) in [5.74, 6) is -1.02. The van der Waals surface area contributed by atoms with Gasteiger partial charge >= 0.3 is 12.4 Å². The van der Waals surface area contributed by atoms with Crippen LogP contribution < -0.4 is 9.80 Å². The second-order valence-corrected chi connectivity index (χ2v) is 10.2. The lowest BCUT2D eigenvalue weighted by molar-refractivity contribution is -0.138. The van der Waals surface area contributed by atoms with Gasteiger partial charge in [-0.25, -0.2) is 4.39 Å². The molecule has 5 rings (SSSR count). The Morgan fingerprint density at radius 1 is 0.952 bits per heavy atom. The zero-order valence-electron chi connectivity index (χ0n) is 22.6. The van der Waals surface area contributed by atoms with E-state index in [-0.39, 0.29) is 23.6 Å². The van der Waals surface area contributed by atoms with Crippen LogP contribution in [0.4, 0.5) is 42.4 Å². The van der Waals surface area contributed by atoms with Crippen molar-refractivity contribution in [1.29, 1.82) is 0 Å². The largest absolute Gasteiger partial charge is 0.416 e. The van der Waals surface area contributed by atoms with Crippen molar-refractivity contribution in [2.24, 2.45) is 7.05 Å². The van der Waals surface area contributed by atoms with Crippen LogP contribution in [0.1, 0.15) is 52.3 Å². The van der Waals surface area contributed by atoms with Crippen molar-refractivity contribution in [3.05, 3.63) is 94.1 Å². The minimum atomic E-state index is -4.78. The summed E-state index contributed by atoms with van der Waals surface area (Å²) in [7, 11) is 1.51. The van der Waals surface area contributed by atoms with Gasteiger partial charge in [-0.2, -0.15) is 31.1 Å². The van der Waals surface area contributed by atoms with Gasteiger partial charge in [-0.05, 0) is 83.6 Å². The van der Waals surface area contributed by atoms with E-state index in [1.165, 1.54) is 24.8 Å². The van der Waals surface area contributed by atoms with E-state index < -0.39 is 35.3 Å². The summed E-state index contributed by atoms with van der Waals surface area (Å²) in [6.45, 7) is 1.84. The van der Waals surface area contributed by atoms with Crippen molar-refractivity contribution in [3.63, 3.8) is 0 Å². The average molecular weight is 594 g/mol. The quantitative estimate of drug-likeness (QED) is 0.234. The monoisotopic (exact) mass is 593 g/mol. The molecule has 0 aliphatic carbocycles. The molecular formula is C28H26F7N7. The van der Waals surface area contributed by atoms with E-state index in [4.69, 9.17) is 0 Å². The van der Waals surface area contributed by atoms with Gasteiger partial charge in [0.15, 0.2) is 0 Å². The number of fused-ring (bicyclic) bond motifs is 1. The maximum Gasteiger partial charge on any atom is 0.416 e. The van der Waals surface area contributed by atoms with Gasteiger partial charge in [0.05, 0.1) is 24.2 Å². The Balaban J connectivity index is 1.64. The fourth-order valence-electron chi connectivity index (χ4n) is 5.32. The van der Waals surface area contributed by atoms with Gasteiger partial charge in [-0.15, -0.1) is 5.10 Å². The molecular weight excluding hydrogens is 567 g/mol. The second kappa shape index (κ2) is 11.2. The van der Waals surface area contributed by atoms with E-state index in [2.05, 4.69) is 20.4 Å². The number of halogens is 7. The number of rotatable bonds is 6. The Morgan fingerprint density at radius 2 is 1.69 bits per heavy atom. The second-order valence-electron chi connectivity index (χ2n) is 10.2. The normalized spacial score (nSPS) is 15.8. The van der Waals surface area contributed by atoms with Crippen LogP contribution in [0.25, 0.3) is 0 Å². The van der Waals surface area contributed by atoms with E-state index in [0.29, 0.717) is 43.2 Å². The van der Waals surface area contributed by atoms with Crippen molar-refractivity contribution < 1.29 is 30.7 Å². The molecule has 2 aromatic carbocycles. The van der Waals surface area contributed by atoms with E-state index in [9.17, 15) is 30.7 Å². The highest BCUT2D eigenvalue weighted by Gasteiger charge is 2.37. The molecule has 7 nitrogen and oxygen atoms in total. The number of tetrazole rings is 1. The zero-order chi connectivity index (χ0) is 30.2. The first-order chi connectivity index (χ1) is 19.8. The molecule has 1 aliphatic rings. The van der Waals surface area contributed by atoms with Crippen LogP contribution in [0.2, 0.25) is 0 Å². The van der Waals surface area contributed by atoms with E-state index in [0.717, 1.165) is 23.8 Å². The number of nitrogens with zero attached hydrogens (tertiary/aromatic N) is 7. The minimum absolute atomic E-state index is 0.00199. The van der Waals surface area contributed by atoms with E-state index in [1.54, 1.807) is 29.4 Å². The number of hydrogen-bond acceptors (Lipinski definition) is 6. The van der Waals surface area contributed by atoms with Gasteiger partial charge in [0, 0.05) is 37.7 Å². The van der Waals surface area contributed by atoms with Crippen molar-refractivity contribution in [2.45, 2.75) is 51.2 Å². The summed E-state index contributed by atoms with van der Waals surface area (Å²) in [6, 6.07) is 7.72. The number of aryl methyl sites for hydroxylation is 2. The maximum atomic E-state index is 14.3. The highest BCUT2D eigenvalue weighted by atomic mass is 19.4. The lowest BCUT2D eigenvalue weighted by atomic mass is 9.94. The molecule has 222 valence electrons. The first-order valence-electron chi connectivity index (χ1n) is 13.0. The predicted octanol–water partition coefficient (Wildman–Crippen LogP) is 6.64. The molecule has 3 heterocycles. The van der Waals surface area contributed by atoms with Crippen LogP contribution in [-0.2, 0) is 32.5 Å². The van der Waals surface area contributed by atoms with Crippen molar-refractivity contribution >= 4 is 11.6 Å². The SMILES string of the molecule is Cc1cc2c(cc1C(F)(F)F)N(Cc1ccncc1)CCCC2N(Cc1cc(F)cc(C(F)(F)F)c1)c1nnn(C)n1. The molecule has 0 saturated carbocycles. The van der Waals surface area contributed by atoms with Crippen molar-refractivity contribution in [3.8, 4) is 0 Å². The Bertz CT molecular complexity index is 1550. The third-order valence-corrected chi connectivity index (χ3v) is 7.18. The Labute approximate surface area is 236 Å². The molecule has 0 N–H and O–H groups in total. The number of benzene rings is 2. The van der Waals surface area contributed by atoms with E-state index in [1.807, 2.05) is 4.90 Å². The Morgan fingerprint density at radius 3 is 2.33 bits per heavy atom. The molecule has 0 fully saturated rings. The maximum absolute atomic E-state index is 14.3. The highest BCUT2D eigenvalue weighted by Crippen LogP contribution is 2.44. The van der Waals surface area contributed by atoms with Gasteiger partial charge in [-0.1, -0.05) is 11.2 Å². The smallest absolute Gasteiger partial charge is 0.367 e. The minimum Gasteiger partial charge on any atom is -0.367 e. The van der Waals surface area contributed by atoms with Gasteiger partial charge < -0.3 is 9.80 Å². The fourth-order valence-corrected chi connectivity index (χ4v) is 5.32. The Kier molecular flexibility index (Phi) is 7.82. The number of anilines is 2. The number of alkyl halides is 6. The van der Waals surface area contributed by atoms with Crippen LogP contribution in [0.15, 0.2) is 54.9 Å². The average Bonchev–Trinajstić information content (AvgIpc) is 3.26. The topological polar surface area (TPSA) is 63.0 Å². The molecule has 0 saturated heterocycles. The molecule has 0 radical (unpaired) electrons. The summed E-state index contributed by atoms with van der Waals surface area (Å²) in [5, 5.41) is 12.2. The summed E-state index contributed by atoms with van der Waals surface area (Å²) in [6.07, 6.45) is -5.25. The summed E-state index contributed by atoms with van der Waals surface area (Å²) < 4.78 is 97.0. The summed E-state index contributed by atoms with van der Waals surface area (Å²) >= 11 is 0. The molecule has 42 heavy (non-hydrogen) atoms. The first kappa shape index (κ1) is 29.3. The van der Waals surface area contributed by atoms with Gasteiger partial charge in [-0.3, -0.25) is 4.98 Å². The Hall–Kier alpha value is -4.23. The molecule has 0 bridgehead atoms. The van der Waals surface area contributed by atoms with Gasteiger partial charge in [0.2, 0.25) is 0 Å². The highest BCUT2D eigenvalue weighted by molar-refractivity contribution is 5.62.